The molecule has 1 fully saturated rings. The molecule has 1 saturated heterocycles. The molecule has 20 N–H and O–H groups in total. The van der Waals surface area contributed by atoms with Crippen LogP contribution >= 0.6 is 0 Å². The van der Waals surface area contributed by atoms with Crippen LogP contribution in [-0.4, -0.2) is 195 Å². The quantitative estimate of drug-likeness (QED) is 0.0223. The minimum absolute atomic E-state index is 0.0171. The Morgan fingerprint density at radius 2 is 1.21 bits per heavy atom. The van der Waals surface area contributed by atoms with Crippen LogP contribution in [0.3, 0.4) is 0 Å². The summed E-state index contributed by atoms with van der Waals surface area (Å²) in [5.41, 5.74) is 18.4. The number of nitrogens with zero attached hydrogens (tertiary/aromatic N) is 3. The Morgan fingerprint density at radius 3 is 1.76 bits per heavy atom. The standard InChI is InChI=1S/C48H64N16O16/c1-22(66)39(48(79)80)63-44(75)29(11-23-16-54-28-6-3-2-5-26(23)28)60-46(77)35-7-4-10-64(35)47(78)33(14-37(51)68)61-43(74)32(15-38(69)70)59-45(76)34(19-65)62-42(73)31(13-25-18-53-21-56-25)58-41(72)30(12-24-17-52-20-55-24)57-40(71)27(49)8-9-36(50)67/h2-3,5-6,16-18,20-22,27,29-35,39,54,65-66H,4,7-15,19,49H2,1H3,(H2,50,67)(H2,51,68)(H,52,55)(H,53,56)(H,57,71)(H,58,72)(H,59,76)(H,60,77)(H,61,74)(H,62,73)(H,63,75)(H,69,70)(H,79,80)/t22-,27+,29+,30+,31+,32+,33+,34+,35+,39+/m1/s1. The first-order chi connectivity index (χ1) is 37.9. The zero-order valence-corrected chi connectivity index (χ0v) is 43.0. The number of nitrogens with two attached hydrogens (primary N) is 3. The predicted octanol–water partition coefficient (Wildman–Crippen LogP) is -6.57. The van der Waals surface area contributed by atoms with E-state index < -0.39 is 151 Å². The number of aliphatic hydroxyl groups excluding tert-OH is 2. The summed E-state index contributed by atoms with van der Waals surface area (Å²) in [5, 5.41) is 56.9. The molecule has 0 unspecified atom stereocenters. The number of likely N-dealkylation sites (tertiary alicyclic amines) is 1. The van der Waals surface area contributed by atoms with Crippen LogP contribution in [0.2, 0.25) is 0 Å². The highest BCUT2D eigenvalue weighted by Gasteiger charge is 2.41. The number of benzene rings is 1. The van der Waals surface area contributed by atoms with Crippen LogP contribution < -0.4 is 54.4 Å². The molecule has 10 atom stereocenters. The van der Waals surface area contributed by atoms with Crippen LogP contribution in [0.4, 0.5) is 0 Å². The van der Waals surface area contributed by atoms with Gasteiger partial charge in [-0.3, -0.25) is 52.7 Å². The van der Waals surface area contributed by atoms with E-state index in [1.54, 1.807) is 30.5 Å². The number of aliphatic hydroxyl groups is 2. The minimum Gasteiger partial charge on any atom is -0.481 e. The van der Waals surface area contributed by atoms with E-state index in [1.165, 1.54) is 25.0 Å². The number of carbonyl (C=O) groups excluding carboxylic acids is 10. The van der Waals surface area contributed by atoms with Gasteiger partial charge in [0.05, 0.1) is 44.2 Å². The highest BCUT2D eigenvalue weighted by Crippen LogP contribution is 2.22. The SMILES string of the molecule is C[C@@H](O)[C@H](NC(=O)[C@H](Cc1c[nH]c2ccccc12)NC(=O)[C@@H]1CCCN1C(=O)[C@H](CC(N)=O)NC(=O)[C@H](CC(=O)O)NC(=O)[C@H](CO)NC(=O)[C@H](Cc1cnc[nH]1)NC(=O)[C@H](Cc1cnc[nH]1)NC(=O)[C@@H](N)CCC(N)=O)C(=O)O. The number of rotatable bonds is 31. The van der Waals surface area contributed by atoms with Crippen LogP contribution in [0.5, 0.6) is 0 Å². The molecule has 0 radical (unpaired) electrons. The van der Waals surface area contributed by atoms with E-state index in [1.807, 2.05) is 0 Å². The number of aromatic amines is 3. The van der Waals surface area contributed by atoms with Crippen LogP contribution in [0.15, 0.2) is 55.5 Å². The molecule has 5 rings (SSSR count). The maximum Gasteiger partial charge on any atom is 0.328 e. The number of para-hydroxylation sites is 1. The van der Waals surface area contributed by atoms with Gasteiger partial charge in [0.15, 0.2) is 6.04 Å². The minimum atomic E-state index is -2.09. The molecule has 432 valence electrons. The summed E-state index contributed by atoms with van der Waals surface area (Å²) in [4.78, 5) is 176. The lowest BCUT2D eigenvalue weighted by Crippen LogP contribution is -2.61. The number of nitrogens with one attached hydrogen (secondary N) is 10. The van der Waals surface area contributed by atoms with Crippen molar-refractivity contribution in [2.45, 2.75) is 125 Å². The van der Waals surface area contributed by atoms with Crippen molar-refractivity contribution in [3.8, 4) is 0 Å². The number of H-pyrrole nitrogens is 3. The Labute approximate surface area is 453 Å². The third kappa shape index (κ3) is 17.6. The second-order valence-electron chi connectivity index (χ2n) is 18.8. The summed E-state index contributed by atoms with van der Waals surface area (Å²) in [6.45, 7) is -0.195. The number of primary amides is 2. The average Bonchev–Trinajstić information content (AvgIpc) is 4.27. The number of amides is 10. The number of imidazole rings is 2. The zero-order valence-electron chi connectivity index (χ0n) is 43.0. The van der Waals surface area contributed by atoms with E-state index in [9.17, 15) is 78.0 Å². The van der Waals surface area contributed by atoms with Gasteiger partial charge in [-0.1, -0.05) is 18.2 Å². The van der Waals surface area contributed by atoms with Crippen molar-refractivity contribution >= 4 is 81.9 Å². The van der Waals surface area contributed by atoms with Gasteiger partial charge in [0.2, 0.25) is 59.1 Å². The van der Waals surface area contributed by atoms with E-state index in [0.717, 1.165) is 11.8 Å². The van der Waals surface area contributed by atoms with Gasteiger partial charge in [-0.25, -0.2) is 14.8 Å². The normalized spacial score (nSPS) is 16.4. The fraction of sp³-hybridized carbons (Fsp3) is 0.458. The number of carboxylic acid groups (broad SMARTS) is 2. The van der Waals surface area contributed by atoms with Crippen molar-refractivity contribution in [3.05, 3.63) is 72.5 Å². The van der Waals surface area contributed by atoms with E-state index >= 15 is 0 Å². The molecule has 32 heteroatoms. The number of aromatic nitrogens is 5. The van der Waals surface area contributed by atoms with Gasteiger partial charge in [0.1, 0.15) is 42.3 Å². The first-order valence-electron chi connectivity index (χ1n) is 24.9. The molecule has 80 heavy (non-hydrogen) atoms. The van der Waals surface area contributed by atoms with Gasteiger partial charge in [-0.2, -0.15) is 0 Å². The van der Waals surface area contributed by atoms with Gasteiger partial charge in [0.25, 0.3) is 0 Å². The highest BCUT2D eigenvalue weighted by molar-refractivity contribution is 6.00. The lowest BCUT2D eigenvalue weighted by Gasteiger charge is -2.30. The fourth-order valence-electron chi connectivity index (χ4n) is 8.57. The molecule has 10 amide bonds. The van der Waals surface area contributed by atoms with Crippen molar-refractivity contribution in [1.82, 2.24) is 67.0 Å². The summed E-state index contributed by atoms with van der Waals surface area (Å²) >= 11 is 0. The van der Waals surface area contributed by atoms with E-state index in [0.29, 0.717) is 22.2 Å². The largest absolute Gasteiger partial charge is 0.481 e. The van der Waals surface area contributed by atoms with Crippen LogP contribution in [0, 0.1) is 0 Å². The molecule has 1 aliphatic rings. The van der Waals surface area contributed by atoms with E-state index in [-0.39, 0.29) is 57.2 Å². The number of hydrogen-bond acceptors (Lipinski definition) is 17. The van der Waals surface area contributed by atoms with Crippen LogP contribution in [0.1, 0.15) is 62.4 Å². The Hall–Kier alpha value is -9.30. The predicted molar refractivity (Wildman–Crippen MR) is 274 cm³/mol. The number of hydrogen-bond donors (Lipinski definition) is 17. The Morgan fingerprint density at radius 1 is 0.675 bits per heavy atom. The van der Waals surface area contributed by atoms with Gasteiger partial charge in [0, 0.05) is 73.1 Å². The van der Waals surface area contributed by atoms with Crippen molar-refractivity contribution < 1.29 is 78.0 Å². The number of carboxylic acids is 2. The molecule has 0 bridgehead atoms. The fourth-order valence-corrected chi connectivity index (χ4v) is 8.57. The van der Waals surface area contributed by atoms with Crippen LogP contribution in [0.25, 0.3) is 10.9 Å². The number of carbonyl (C=O) groups is 12. The van der Waals surface area contributed by atoms with Crippen molar-refractivity contribution in [2.75, 3.05) is 13.2 Å². The molecule has 1 aromatic carbocycles. The first kappa shape index (κ1) is 61.6. The zero-order chi connectivity index (χ0) is 58.8. The Kier molecular flexibility index (Phi) is 22.2. The summed E-state index contributed by atoms with van der Waals surface area (Å²) in [6.07, 6.45) is 2.14. The molecule has 4 heterocycles. The maximum absolute atomic E-state index is 14.3. The molecule has 4 aromatic rings. The molecule has 0 spiro atoms. The molecular formula is C48H64N16O16. The molecule has 0 saturated carbocycles. The van der Waals surface area contributed by atoms with E-state index in [4.69, 9.17) is 17.2 Å². The van der Waals surface area contributed by atoms with Crippen molar-refractivity contribution in [2.24, 2.45) is 17.2 Å². The molecule has 3 aromatic heterocycles. The van der Waals surface area contributed by atoms with Gasteiger partial charge < -0.3 is 94.7 Å². The summed E-state index contributed by atoms with van der Waals surface area (Å²) in [7, 11) is 0. The third-order valence-electron chi connectivity index (χ3n) is 12.7. The molecule has 1 aliphatic heterocycles. The third-order valence-corrected chi connectivity index (χ3v) is 12.7. The Bertz CT molecular complexity index is 2880. The summed E-state index contributed by atoms with van der Waals surface area (Å²) < 4.78 is 0. The Balaban J connectivity index is 1.31. The van der Waals surface area contributed by atoms with E-state index in [2.05, 4.69) is 62.1 Å². The molecule has 32 nitrogen and oxygen atoms in total. The summed E-state index contributed by atoms with van der Waals surface area (Å²) in [5.74, 6) is -13.8. The average molecular weight is 1120 g/mol. The van der Waals surface area contributed by atoms with Gasteiger partial charge in [-0.05, 0) is 37.8 Å². The number of aliphatic carboxylic acids is 2. The van der Waals surface area contributed by atoms with Crippen LogP contribution in [-0.2, 0) is 76.8 Å². The lowest BCUT2D eigenvalue weighted by molar-refractivity contribution is -0.146. The first-order valence-corrected chi connectivity index (χ1v) is 24.9. The highest BCUT2D eigenvalue weighted by atomic mass is 16.4. The smallest absolute Gasteiger partial charge is 0.328 e. The van der Waals surface area contributed by atoms with Crippen molar-refractivity contribution in [3.63, 3.8) is 0 Å². The molecular weight excluding hydrogens is 1060 g/mol. The molecule has 0 aliphatic carbocycles. The number of fused-ring (bicyclic) bond motifs is 1. The van der Waals surface area contributed by atoms with Gasteiger partial charge >= 0.3 is 11.9 Å². The maximum atomic E-state index is 14.3. The lowest BCUT2D eigenvalue weighted by atomic mass is 10.0. The topological polar surface area (TPSA) is 524 Å². The second kappa shape index (κ2) is 28.9. The summed E-state index contributed by atoms with van der Waals surface area (Å²) in [6, 6.07) is -7.95. The second-order valence-corrected chi connectivity index (χ2v) is 18.8. The van der Waals surface area contributed by atoms with Crippen molar-refractivity contribution in [1.29, 1.82) is 0 Å². The van der Waals surface area contributed by atoms with Gasteiger partial charge in [-0.15, -0.1) is 0 Å². The monoisotopic (exact) mass is 1120 g/mol.